The molecule has 0 aromatic heterocycles. The molecule has 1 heterocycles. The fourth-order valence-corrected chi connectivity index (χ4v) is 3.95. The zero-order valence-corrected chi connectivity index (χ0v) is 20.0. The van der Waals surface area contributed by atoms with Crippen molar-refractivity contribution in [2.75, 3.05) is 6.54 Å². The number of phenolic OH excluding ortho intramolecular Hbond substituents is 1. The van der Waals surface area contributed by atoms with Crippen LogP contribution in [0, 0.1) is 0 Å². The van der Waals surface area contributed by atoms with Crippen LogP contribution in [-0.2, 0) is 35.2 Å². The molecular weight excluding hydrogens is 490 g/mol. The van der Waals surface area contributed by atoms with Crippen LogP contribution in [-0.4, -0.2) is 86.5 Å². The van der Waals surface area contributed by atoms with E-state index in [1.807, 2.05) is 0 Å². The number of carboxylic acid groups (broad SMARTS) is 2. The maximum atomic E-state index is 13.4. The van der Waals surface area contributed by atoms with Gasteiger partial charge in [0.2, 0.25) is 23.6 Å². The molecule has 14 nitrogen and oxygen atoms in total. The molecule has 0 saturated carbocycles. The number of nitrogens with zero attached hydrogens (tertiary/aromatic N) is 1. The first-order valence-corrected chi connectivity index (χ1v) is 11.6. The predicted molar refractivity (Wildman–Crippen MR) is 127 cm³/mol. The molecule has 1 aromatic rings. The van der Waals surface area contributed by atoms with E-state index in [-0.39, 0.29) is 31.6 Å². The van der Waals surface area contributed by atoms with Gasteiger partial charge in [-0.2, -0.15) is 0 Å². The third kappa shape index (κ3) is 8.75. The average Bonchev–Trinajstić information content (AvgIpc) is 3.31. The molecule has 1 aliphatic heterocycles. The van der Waals surface area contributed by atoms with Gasteiger partial charge in [0.25, 0.3) is 0 Å². The van der Waals surface area contributed by atoms with E-state index in [9.17, 15) is 39.0 Å². The van der Waals surface area contributed by atoms with E-state index in [2.05, 4.69) is 10.6 Å². The van der Waals surface area contributed by atoms with Crippen LogP contribution in [0.5, 0.6) is 5.75 Å². The molecular formula is C23H31N5O9. The van der Waals surface area contributed by atoms with E-state index < -0.39 is 72.6 Å². The van der Waals surface area contributed by atoms with E-state index in [1.165, 1.54) is 24.3 Å². The minimum absolute atomic E-state index is 0.0232. The van der Waals surface area contributed by atoms with Crippen molar-refractivity contribution in [2.24, 2.45) is 11.5 Å². The number of hydrogen-bond acceptors (Lipinski definition) is 8. The topological polar surface area (TPSA) is 242 Å². The van der Waals surface area contributed by atoms with Gasteiger partial charge in [-0.15, -0.1) is 0 Å². The Bertz CT molecular complexity index is 1030. The number of aromatic hydroxyl groups is 1. The molecule has 1 aromatic carbocycles. The highest BCUT2D eigenvalue weighted by Crippen LogP contribution is 2.20. The molecule has 14 heteroatoms. The Morgan fingerprint density at radius 2 is 1.62 bits per heavy atom. The highest BCUT2D eigenvalue weighted by atomic mass is 16.4. The van der Waals surface area contributed by atoms with Crippen LogP contribution in [0.15, 0.2) is 24.3 Å². The molecule has 0 aliphatic carbocycles. The fraction of sp³-hybridized carbons (Fsp3) is 0.478. The molecule has 0 spiro atoms. The Kier molecular flexibility index (Phi) is 10.4. The molecule has 0 radical (unpaired) electrons. The van der Waals surface area contributed by atoms with Crippen molar-refractivity contribution in [3.63, 3.8) is 0 Å². The van der Waals surface area contributed by atoms with Gasteiger partial charge in [-0.05, 0) is 37.0 Å². The second kappa shape index (κ2) is 13.2. The maximum absolute atomic E-state index is 13.4. The van der Waals surface area contributed by atoms with E-state index >= 15 is 0 Å². The molecule has 37 heavy (non-hydrogen) atoms. The Morgan fingerprint density at radius 1 is 1.00 bits per heavy atom. The molecule has 4 atom stereocenters. The largest absolute Gasteiger partial charge is 0.508 e. The van der Waals surface area contributed by atoms with E-state index in [1.54, 1.807) is 0 Å². The number of nitrogens with two attached hydrogens (primary N) is 2. The minimum atomic E-state index is -1.42. The highest BCUT2D eigenvalue weighted by Gasteiger charge is 2.38. The SMILES string of the molecule is NC(=O)CC(N)C(=O)NC(CCC(=O)O)C(=O)NC(Cc1ccc(O)cc1)C(=O)N1CCCC1C(=O)O. The van der Waals surface area contributed by atoms with Crippen LogP contribution in [0.2, 0.25) is 0 Å². The molecule has 1 aliphatic rings. The minimum Gasteiger partial charge on any atom is -0.508 e. The Hall–Kier alpha value is -4.20. The summed E-state index contributed by atoms with van der Waals surface area (Å²) in [5.41, 5.74) is 11.2. The molecule has 202 valence electrons. The number of hydrogen-bond donors (Lipinski definition) is 7. The van der Waals surface area contributed by atoms with E-state index in [0.717, 1.165) is 4.90 Å². The van der Waals surface area contributed by atoms with Crippen LogP contribution in [0.1, 0.15) is 37.7 Å². The lowest BCUT2D eigenvalue weighted by atomic mass is 10.0. The Labute approximate surface area is 212 Å². The summed E-state index contributed by atoms with van der Waals surface area (Å²) in [7, 11) is 0. The van der Waals surface area contributed by atoms with Crippen LogP contribution < -0.4 is 22.1 Å². The second-order valence-corrected chi connectivity index (χ2v) is 8.73. The van der Waals surface area contributed by atoms with Crippen molar-refractivity contribution in [3.8, 4) is 5.75 Å². The zero-order chi connectivity index (χ0) is 27.7. The summed E-state index contributed by atoms with van der Waals surface area (Å²) < 4.78 is 0. The average molecular weight is 522 g/mol. The smallest absolute Gasteiger partial charge is 0.326 e. The highest BCUT2D eigenvalue weighted by molar-refractivity contribution is 5.95. The van der Waals surface area contributed by atoms with E-state index in [4.69, 9.17) is 16.6 Å². The number of carbonyl (C=O) groups is 6. The van der Waals surface area contributed by atoms with Crippen LogP contribution in [0.25, 0.3) is 0 Å². The first kappa shape index (κ1) is 29.0. The molecule has 9 N–H and O–H groups in total. The Balaban J connectivity index is 2.28. The van der Waals surface area contributed by atoms with Crippen LogP contribution in [0.4, 0.5) is 0 Å². The third-order valence-corrected chi connectivity index (χ3v) is 5.85. The number of carbonyl (C=O) groups excluding carboxylic acids is 4. The molecule has 0 bridgehead atoms. The lowest BCUT2D eigenvalue weighted by Crippen LogP contribution is -2.58. The lowest BCUT2D eigenvalue weighted by Gasteiger charge is -2.29. The number of aliphatic carboxylic acids is 2. The van der Waals surface area contributed by atoms with Gasteiger partial charge in [0.1, 0.15) is 23.9 Å². The molecule has 1 fully saturated rings. The van der Waals surface area contributed by atoms with Crippen molar-refractivity contribution in [1.82, 2.24) is 15.5 Å². The predicted octanol–water partition coefficient (Wildman–Crippen LogP) is -1.95. The number of rotatable bonds is 13. The monoisotopic (exact) mass is 521 g/mol. The fourth-order valence-electron chi connectivity index (χ4n) is 3.95. The van der Waals surface area contributed by atoms with E-state index in [0.29, 0.717) is 12.0 Å². The van der Waals surface area contributed by atoms with Crippen molar-refractivity contribution < 1.29 is 44.1 Å². The summed E-state index contributed by atoms with van der Waals surface area (Å²) in [6, 6.07) is 0.663. The quantitative estimate of drug-likeness (QED) is 0.151. The van der Waals surface area contributed by atoms with Crippen molar-refractivity contribution >= 4 is 35.6 Å². The van der Waals surface area contributed by atoms with Gasteiger partial charge in [0.15, 0.2) is 0 Å². The van der Waals surface area contributed by atoms with Gasteiger partial charge in [0.05, 0.1) is 12.5 Å². The van der Waals surface area contributed by atoms with Crippen LogP contribution >= 0.6 is 0 Å². The number of benzene rings is 1. The summed E-state index contributed by atoms with van der Waals surface area (Å²) in [6.07, 6.45) is -0.736. The number of nitrogens with one attached hydrogen (secondary N) is 2. The third-order valence-electron chi connectivity index (χ3n) is 5.85. The number of phenols is 1. The summed E-state index contributed by atoms with van der Waals surface area (Å²) >= 11 is 0. The number of likely N-dealkylation sites (tertiary alicyclic amines) is 1. The van der Waals surface area contributed by atoms with Gasteiger partial charge in [-0.25, -0.2) is 4.79 Å². The standard InChI is InChI=1S/C23H31N5O9/c24-14(11-18(25)30)20(33)26-15(7-8-19(31)32)21(34)27-16(10-12-3-5-13(29)6-4-12)22(35)28-9-1-2-17(28)23(36)37/h3-6,14-17,29H,1-2,7-11,24H2,(H2,25,30)(H,26,33)(H,27,34)(H,31,32)(H,36,37). The zero-order valence-electron chi connectivity index (χ0n) is 20.0. The lowest BCUT2D eigenvalue weighted by molar-refractivity contribution is -0.149. The Morgan fingerprint density at radius 3 is 2.19 bits per heavy atom. The van der Waals surface area contributed by atoms with Gasteiger partial charge in [-0.3, -0.25) is 24.0 Å². The number of amides is 4. The second-order valence-electron chi connectivity index (χ2n) is 8.73. The van der Waals surface area contributed by atoms with Crippen molar-refractivity contribution in [3.05, 3.63) is 29.8 Å². The van der Waals surface area contributed by atoms with Gasteiger partial charge in [-0.1, -0.05) is 12.1 Å². The first-order chi connectivity index (χ1) is 17.4. The maximum Gasteiger partial charge on any atom is 0.326 e. The first-order valence-electron chi connectivity index (χ1n) is 11.6. The normalized spacial score (nSPS) is 17.3. The van der Waals surface area contributed by atoms with Gasteiger partial charge < -0.3 is 42.3 Å². The van der Waals surface area contributed by atoms with Crippen molar-refractivity contribution in [2.45, 2.75) is 62.7 Å². The summed E-state index contributed by atoms with van der Waals surface area (Å²) in [6.45, 7) is 0.166. The van der Waals surface area contributed by atoms with Gasteiger partial charge in [0, 0.05) is 19.4 Å². The molecule has 4 amide bonds. The summed E-state index contributed by atoms with van der Waals surface area (Å²) in [5, 5.41) is 32.9. The molecule has 1 saturated heterocycles. The van der Waals surface area contributed by atoms with Crippen molar-refractivity contribution in [1.29, 1.82) is 0 Å². The number of carboxylic acids is 2. The van der Waals surface area contributed by atoms with Gasteiger partial charge >= 0.3 is 11.9 Å². The molecule has 4 unspecified atom stereocenters. The molecule has 2 rings (SSSR count). The summed E-state index contributed by atoms with van der Waals surface area (Å²) in [4.78, 5) is 73.8. The van der Waals surface area contributed by atoms with Crippen LogP contribution in [0.3, 0.4) is 0 Å². The number of primary amides is 1. The summed E-state index contributed by atoms with van der Waals surface area (Å²) in [5.74, 6) is -5.79.